The summed E-state index contributed by atoms with van der Waals surface area (Å²) in [5.74, 6) is 0. The molecule has 0 atom stereocenters. The second-order valence-corrected chi connectivity index (χ2v) is 7.34. The van der Waals surface area contributed by atoms with Gasteiger partial charge in [0.2, 0.25) is 0 Å². The molecular formula is C26H22N6. The maximum atomic E-state index is 4.89. The number of para-hydroxylation sites is 3. The summed E-state index contributed by atoms with van der Waals surface area (Å²) in [6, 6.07) is 30.0. The first-order valence-corrected chi connectivity index (χ1v) is 10.4. The van der Waals surface area contributed by atoms with Crippen molar-refractivity contribution in [2.75, 3.05) is 5.43 Å². The number of hydrogen-bond donors (Lipinski definition) is 1. The van der Waals surface area contributed by atoms with E-state index in [2.05, 4.69) is 22.5 Å². The molecule has 5 aromatic rings. The highest BCUT2D eigenvalue weighted by atomic mass is 15.3. The summed E-state index contributed by atoms with van der Waals surface area (Å²) in [6.07, 6.45) is 5.65. The Balaban J connectivity index is 1.55. The van der Waals surface area contributed by atoms with Gasteiger partial charge in [-0.3, -0.25) is 5.43 Å². The van der Waals surface area contributed by atoms with Gasteiger partial charge in [-0.25, -0.2) is 9.36 Å². The van der Waals surface area contributed by atoms with Crippen molar-refractivity contribution in [3.8, 4) is 22.6 Å². The molecule has 0 radical (unpaired) electrons. The van der Waals surface area contributed by atoms with Gasteiger partial charge in [0.05, 0.1) is 35.2 Å². The van der Waals surface area contributed by atoms with Crippen molar-refractivity contribution in [3.05, 3.63) is 115 Å². The van der Waals surface area contributed by atoms with Gasteiger partial charge < -0.3 is 0 Å². The Hall–Kier alpha value is -4.45. The predicted octanol–water partition coefficient (Wildman–Crippen LogP) is 5.48. The molecule has 0 saturated carbocycles. The molecule has 1 N–H and O–H groups in total. The number of hydrazone groups is 1. The molecule has 0 aliphatic heterocycles. The molecular weight excluding hydrogens is 396 g/mol. The van der Waals surface area contributed by atoms with Gasteiger partial charge in [0.25, 0.3) is 0 Å². The molecule has 0 aliphatic rings. The van der Waals surface area contributed by atoms with Crippen molar-refractivity contribution in [1.29, 1.82) is 0 Å². The van der Waals surface area contributed by atoms with Crippen LogP contribution in [0.4, 0.5) is 5.69 Å². The number of nitrogens with one attached hydrogen (secondary N) is 1. The maximum absolute atomic E-state index is 4.89. The van der Waals surface area contributed by atoms with Crippen LogP contribution >= 0.6 is 0 Å². The van der Waals surface area contributed by atoms with Crippen molar-refractivity contribution >= 4 is 11.9 Å². The fraction of sp³-hybridized carbons (Fsp3) is 0.0385. The molecule has 2 aromatic heterocycles. The van der Waals surface area contributed by atoms with Crippen LogP contribution in [0.15, 0.2) is 108 Å². The Morgan fingerprint density at radius 2 is 1.44 bits per heavy atom. The van der Waals surface area contributed by atoms with Crippen molar-refractivity contribution in [2.45, 2.75) is 6.92 Å². The highest BCUT2D eigenvalue weighted by Gasteiger charge is 2.17. The number of benzene rings is 3. The number of rotatable bonds is 6. The molecule has 6 nitrogen and oxygen atoms in total. The van der Waals surface area contributed by atoms with E-state index < -0.39 is 0 Å². The number of nitrogens with zero attached hydrogens (tertiary/aromatic N) is 5. The fourth-order valence-electron chi connectivity index (χ4n) is 3.56. The van der Waals surface area contributed by atoms with Crippen LogP contribution in [0.25, 0.3) is 22.6 Å². The third-order valence-electron chi connectivity index (χ3n) is 5.20. The van der Waals surface area contributed by atoms with E-state index in [1.165, 1.54) is 0 Å². The predicted molar refractivity (Wildman–Crippen MR) is 129 cm³/mol. The second kappa shape index (κ2) is 8.73. The van der Waals surface area contributed by atoms with Crippen LogP contribution in [0.3, 0.4) is 0 Å². The van der Waals surface area contributed by atoms with E-state index in [0.717, 1.165) is 39.6 Å². The first kappa shape index (κ1) is 19.5. The summed E-state index contributed by atoms with van der Waals surface area (Å²) in [6.45, 7) is 2.06. The van der Waals surface area contributed by atoms with Crippen LogP contribution in [-0.2, 0) is 0 Å². The maximum Gasteiger partial charge on any atom is 0.105 e. The van der Waals surface area contributed by atoms with E-state index in [9.17, 15) is 0 Å². The zero-order valence-corrected chi connectivity index (χ0v) is 17.6. The summed E-state index contributed by atoms with van der Waals surface area (Å²) in [4.78, 5) is 0. The minimum absolute atomic E-state index is 0.826. The average Bonchev–Trinajstić information content (AvgIpc) is 3.44. The lowest BCUT2D eigenvalue weighted by molar-refractivity contribution is 0.846. The van der Waals surface area contributed by atoms with Crippen molar-refractivity contribution in [3.63, 3.8) is 0 Å². The van der Waals surface area contributed by atoms with E-state index in [4.69, 9.17) is 5.10 Å². The van der Waals surface area contributed by atoms with Crippen LogP contribution in [0.5, 0.6) is 0 Å². The van der Waals surface area contributed by atoms with Crippen molar-refractivity contribution in [1.82, 2.24) is 19.6 Å². The summed E-state index contributed by atoms with van der Waals surface area (Å²) in [7, 11) is 0. The molecule has 0 amide bonds. The van der Waals surface area contributed by atoms with Crippen LogP contribution < -0.4 is 5.43 Å². The smallest absolute Gasteiger partial charge is 0.105 e. The summed E-state index contributed by atoms with van der Waals surface area (Å²) >= 11 is 0. The Labute approximate surface area is 186 Å². The van der Waals surface area contributed by atoms with Crippen molar-refractivity contribution in [2.24, 2.45) is 5.10 Å². The SMILES string of the molecule is Cc1c(-c2nn(-c3ccccc3)cc2/C=N/Nc2ccccc2)cnn1-c1ccccc1. The molecule has 0 fully saturated rings. The van der Waals surface area contributed by atoms with Crippen molar-refractivity contribution < 1.29 is 0 Å². The Morgan fingerprint density at radius 3 is 2.12 bits per heavy atom. The quantitative estimate of drug-likeness (QED) is 0.293. The largest absolute Gasteiger partial charge is 0.279 e. The molecule has 5 rings (SSSR count). The zero-order chi connectivity index (χ0) is 21.8. The van der Waals surface area contributed by atoms with Crippen LogP contribution in [0, 0.1) is 6.92 Å². The Bertz CT molecular complexity index is 1340. The highest BCUT2D eigenvalue weighted by Crippen LogP contribution is 2.27. The van der Waals surface area contributed by atoms with Crippen LogP contribution in [0.2, 0.25) is 0 Å². The van der Waals surface area contributed by atoms with Gasteiger partial charge in [0.15, 0.2) is 0 Å². The minimum Gasteiger partial charge on any atom is -0.279 e. The normalized spacial score (nSPS) is 11.2. The molecule has 0 aliphatic carbocycles. The summed E-state index contributed by atoms with van der Waals surface area (Å²) in [5, 5.41) is 14.0. The molecule has 32 heavy (non-hydrogen) atoms. The molecule has 156 valence electrons. The zero-order valence-electron chi connectivity index (χ0n) is 17.6. The van der Waals surface area contributed by atoms with E-state index in [-0.39, 0.29) is 0 Å². The van der Waals surface area contributed by atoms with E-state index in [0.29, 0.717) is 0 Å². The second-order valence-electron chi connectivity index (χ2n) is 7.34. The average molecular weight is 419 g/mol. The molecule has 0 unspecified atom stereocenters. The topological polar surface area (TPSA) is 60.0 Å². The molecule has 0 spiro atoms. The lowest BCUT2D eigenvalue weighted by atomic mass is 10.1. The first-order valence-electron chi connectivity index (χ1n) is 10.4. The van der Waals surface area contributed by atoms with Gasteiger partial charge in [-0.15, -0.1) is 0 Å². The van der Waals surface area contributed by atoms with Crippen LogP contribution in [0.1, 0.15) is 11.3 Å². The van der Waals surface area contributed by atoms with Gasteiger partial charge in [0, 0.05) is 17.3 Å². The Kier molecular flexibility index (Phi) is 5.32. The van der Waals surface area contributed by atoms with Gasteiger partial charge in [-0.1, -0.05) is 54.6 Å². The lowest BCUT2D eigenvalue weighted by Gasteiger charge is -2.05. The monoisotopic (exact) mass is 418 g/mol. The lowest BCUT2D eigenvalue weighted by Crippen LogP contribution is -1.99. The van der Waals surface area contributed by atoms with E-state index in [1.54, 1.807) is 6.21 Å². The third kappa shape index (κ3) is 3.94. The molecule has 0 bridgehead atoms. The number of hydrogen-bond acceptors (Lipinski definition) is 4. The molecule has 3 aromatic carbocycles. The molecule has 6 heteroatoms. The van der Waals surface area contributed by atoms with Gasteiger partial charge >= 0.3 is 0 Å². The van der Waals surface area contributed by atoms with Gasteiger partial charge in [0.1, 0.15) is 5.69 Å². The number of aromatic nitrogens is 4. The van der Waals surface area contributed by atoms with E-state index >= 15 is 0 Å². The third-order valence-corrected chi connectivity index (χ3v) is 5.20. The minimum atomic E-state index is 0.826. The Morgan fingerprint density at radius 1 is 0.812 bits per heavy atom. The standard InChI is InChI=1S/C26H22N6/c1-20-25(18-28-32(20)24-15-9-4-10-16-24)26-21(17-27-29-22-11-5-2-6-12-22)19-31(30-26)23-13-7-3-8-14-23/h2-19,29H,1H3/b27-17+. The molecule has 0 saturated heterocycles. The van der Waals surface area contributed by atoms with Gasteiger partial charge in [-0.05, 0) is 43.3 Å². The molecule has 2 heterocycles. The first-order chi connectivity index (χ1) is 15.8. The summed E-state index contributed by atoms with van der Waals surface area (Å²) < 4.78 is 3.80. The fourth-order valence-corrected chi connectivity index (χ4v) is 3.56. The number of anilines is 1. The van der Waals surface area contributed by atoms with Gasteiger partial charge in [-0.2, -0.15) is 15.3 Å². The van der Waals surface area contributed by atoms with E-state index in [1.807, 2.05) is 113 Å². The highest BCUT2D eigenvalue weighted by molar-refractivity contribution is 5.89. The summed E-state index contributed by atoms with van der Waals surface area (Å²) in [5.41, 5.74) is 9.70. The van der Waals surface area contributed by atoms with Crippen LogP contribution in [-0.4, -0.2) is 25.8 Å².